The minimum absolute atomic E-state index is 0.136. The Morgan fingerprint density at radius 1 is 1.45 bits per heavy atom. The van der Waals surface area contributed by atoms with Crippen LogP contribution in [0, 0.1) is 11.6 Å². The molecule has 0 aromatic heterocycles. The van der Waals surface area contributed by atoms with E-state index < -0.39 is 17.7 Å². The lowest BCUT2D eigenvalue weighted by molar-refractivity contribution is -0.142. The van der Waals surface area contributed by atoms with E-state index in [1.165, 1.54) is 11.0 Å². The number of hydrogen-bond acceptors (Lipinski definition) is 2. The van der Waals surface area contributed by atoms with Crippen LogP contribution >= 0.6 is 0 Å². The average Bonchev–Trinajstić information content (AvgIpc) is 2.41. The van der Waals surface area contributed by atoms with E-state index in [0.717, 1.165) is 12.1 Å². The van der Waals surface area contributed by atoms with Gasteiger partial charge in [0, 0.05) is 19.2 Å². The fourth-order valence-corrected chi connectivity index (χ4v) is 2.35. The monoisotopic (exact) mass is 282 g/mol. The first kappa shape index (κ1) is 14.4. The highest BCUT2D eigenvalue weighted by molar-refractivity contribution is 5.89. The van der Waals surface area contributed by atoms with Gasteiger partial charge < -0.3 is 10.2 Å². The molecule has 1 aliphatic rings. The van der Waals surface area contributed by atoms with Crippen LogP contribution in [0.4, 0.5) is 8.78 Å². The molecular weight excluding hydrogens is 266 g/mol. The van der Waals surface area contributed by atoms with Crippen molar-refractivity contribution in [3.05, 3.63) is 35.4 Å². The normalized spacial score (nSPS) is 18.9. The van der Waals surface area contributed by atoms with E-state index in [0.29, 0.717) is 19.5 Å². The number of carbonyl (C=O) groups excluding carboxylic acids is 2. The largest absolute Gasteiger partial charge is 0.353 e. The van der Waals surface area contributed by atoms with Crippen LogP contribution in [0.2, 0.25) is 0 Å². The van der Waals surface area contributed by atoms with Crippen LogP contribution in [0.15, 0.2) is 18.2 Å². The number of nitrogens with zero attached hydrogens (tertiary/aromatic N) is 1. The quantitative estimate of drug-likeness (QED) is 0.907. The van der Waals surface area contributed by atoms with Gasteiger partial charge in [-0.05, 0) is 18.1 Å². The molecule has 1 unspecified atom stereocenters. The van der Waals surface area contributed by atoms with Crippen LogP contribution in [-0.4, -0.2) is 35.8 Å². The molecule has 0 radical (unpaired) electrons. The van der Waals surface area contributed by atoms with Gasteiger partial charge in [-0.25, -0.2) is 8.78 Å². The fraction of sp³-hybridized carbons (Fsp3) is 0.429. The molecule has 1 aliphatic heterocycles. The van der Waals surface area contributed by atoms with Crippen LogP contribution in [-0.2, 0) is 16.0 Å². The van der Waals surface area contributed by atoms with Crippen molar-refractivity contribution in [1.82, 2.24) is 10.2 Å². The molecule has 1 atom stereocenters. The molecule has 108 valence electrons. The lowest BCUT2D eigenvalue weighted by atomic mass is 10.1. The summed E-state index contributed by atoms with van der Waals surface area (Å²) in [7, 11) is 0. The molecular formula is C14H16F2N2O2. The van der Waals surface area contributed by atoms with Gasteiger partial charge in [0.1, 0.15) is 17.7 Å². The maximum atomic E-state index is 13.5. The van der Waals surface area contributed by atoms with Gasteiger partial charge in [0.05, 0.1) is 6.42 Å². The number of hydrogen-bond donors (Lipinski definition) is 1. The first-order chi connectivity index (χ1) is 9.52. The maximum absolute atomic E-state index is 13.5. The second-order valence-electron chi connectivity index (χ2n) is 4.71. The van der Waals surface area contributed by atoms with Gasteiger partial charge in [0.25, 0.3) is 0 Å². The fourth-order valence-electron chi connectivity index (χ4n) is 2.35. The van der Waals surface area contributed by atoms with Crippen LogP contribution in [0.3, 0.4) is 0 Å². The molecule has 1 saturated heterocycles. The minimum atomic E-state index is -0.743. The van der Waals surface area contributed by atoms with Crippen LogP contribution in [0.5, 0.6) is 0 Å². The Bertz CT molecular complexity index is 534. The zero-order valence-electron chi connectivity index (χ0n) is 11.2. The van der Waals surface area contributed by atoms with Gasteiger partial charge in [-0.3, -0.25) is 9.59 Å². The summed E-state index contributed by atoms with van der Waals surface area (Å²) in [5.41, 5.74) is 0.136. The molecule has 1 heterocycles. The number of halogens is 2. The number of nitrogens with one attached hydrogen (secondary N) is 1. The van der Waals surface area contributed by atoms with E-state index in [4.69, 9.17) is 0 Å². The number of piperazine rings is 1. The topological polar surface area (TPSA) is 49.4 Å². The van der Waals surface area contributed by atoms with Gasteiger partial charge >= 0.3 is 0 Å². The van der Waals surface area contributed by atoms with Crippen molar-refractivity contribution in [2.75, 3.05) is 13.1 Å². The Morgan fingerprint density at radius 3 is 2.85 bits per heavy atom. The summed E-state index contributed by atoms with van der Waals surface area (Å²) in [6.07, 6.45) is 0.333. The number of rotatable bonds is 3. The van der Waals surface area contributed by atoms with E-state index in [9.17, 15) is 18.4 Å². The molecule has 20 heavy (non-hydrogen) atoms. The van der Waals surface area contributed by atoms with Crippen LogP contribution in [0.25, 0.3) is 0 Å². The third kappa shape index (κ3) is 2.95. The third-order valence-corrected chi connectivity index (χ3v) is 3.39. The summed E-state index contributed by atoms with van der Waals surface area (Å²) in [4.78, 5) is 25.3. The second kappa shape index (κ2) is 5.98. The molecule has 0 saturated carbocycles. The smallest absolute Gasteiger partial charge is 0.242 e. The third-order valence-electron chi connectivity index (χ3n) is 3.39. The van der Waals surface area contributed by atoms with Crippen LogP contribution < -0.4 is 5.32 Å². The number of carbonyl (C=O) groups is 2. The van der Waals surface area contributed by atoms with Crippen molar-refractivity contribution in [3.63, 3.8) is 0 Å². The Kier molecular flexibility index (Phi) is 4.32. The molecule has 1 aromatic carbocycles. The van der Waals surface area contributed by atoms with E-state index in [2.05, 4.69) is 5.32 Å². The molecule has 1 N–H and O–H groups in total. The summed E-state index contributed by atoms with van der Waals surface area (Å²) in [6.45, 7) is 2.62. The van der Waals surface area contributed by atoms with Gasteiger partial charge in [0.2, 0.25) is 11.8 Å². The predicted octanol–water partition coefficient (Wildman–Crippen LogP) is 1.24. The summed E-state index contributed by atoms with van der Waals surface area (Å²) < 4.78 is 26.4. The molecule has 4 nitrogen and oxygen atoms in total. The standard InChI is InChI=1S/C14H16F2N2O2/c1-2-12-14(20)17-5-6-18(12)13(19)7-9-3-4-10(15)8-11(9)16/h3-4,8,12H,2,5-7H2,1H3,(H,17,20). The lowest BCUT2D eigenvalue weighted by Crippen LogP contribution is -2.57. The molecule has 1 aromatic rings. The van der Waals surface area contributed by atoms with Gasteiger partial charge in [-0.1, -0.05) is 13.0 Å². The Balaban J connectivity index is 2.12. The second-order valence-corrected chi connectivity index (χ2v) is 4.71. The average molecular weight is 282 g/mol. The predicted molar refractivity (Wildman–Crippen MR) is 68.9 cm³/mol. The molecule has 0 bridgehead atoms. The molecule has 1 fully saturated rings. The molecule has 2 amide bonds. The first-order valence-electron chi connectivity index (χ1n) is 6.54. The number of amides is 2. The zero-order valence-corrected chi connectivity index (χ0v) is 11.2. The van der Waals surface area contributed by atoms with Crippen molar-refractivity contribution in [3.8, 4) is 0 Å². The zero-order chi connectivity index (χ0) is 14.7. The molecule has 6 heteroatoms. The SMILES string of the molecule is CCC1C(=O)NCCN1C(=O)Cc1ccc(F)cc1F. The van der Waals surface area contributed by atoms with Gasteiger partial charge in [-0.15, -0.1) is 0 Å². The Hall–Kier alpha value is -1.98. The molecule has 0 aliphatic carbocycles. The van der Waals surface area contributed by atoms with Gasteiger partial charge in [0.15, 0.2) is 0 Å². The van der Waals surface area contributed by atoms with Crippen molar-refractivity contribution in [1.29, 1.82) is 0 Å². The van der Waals surface area contributed by atoms with E-state index >= 15 is 0 Å². The van der Waals surface area contributed by atoms with E-state index in [1.807, 2.05) is 6.92 Å². The molecule has 2 rings (SSSR count). The summed E-state index contributed by atoms with van der Waals surface area (Å²) in [5, 5.41) is 2.69. The van der Waals surface area contributed by atoms with Crippen molar-refractivity contribution >= 4 is 11.8 Å². The summed E-state index contributed by atoms with van der Waals surface area (Å²) in [6, 6.07) is 2.61. The maximum Gasteiger partial charge on any atom is 0.242 e. The summed E-state index contributed by atoms with van der Waals surface area (Å²) >= 11 is 0. The Morgan fingerprint density at radius 2 is 2.20 bits per heavy atom. The molecule has 0 spiro atoms. The highest BCUT2D eigenvalue weighted by Crippen LogP contribution is 2.14. The first-order valence-corrected chi connectivity index (χ1v) is 6.54. The Labute approximate surface area is 115 Å². The highest BCUT2D eigenvalue weighted by atomic mass is 19.1. The van der Waals surface area contributed by atoms with E-state index in [1.54, 1.807) is 0 Å². The van der Waals surface area contributed by atoms with E-state index in [-0.39, 0.29) is 23.8 Å². The van der Waals surface area contributed by atoms with Crippen LogP contribution in [0.1, 0.15) is 18.9 Å². The number of benzene rings is 1. The summed E-state index contributed by atoms with van der Waals surface area (Å²) in [5.74, 6) is -1.93. The van der Waals surface area contributed by atoms with Crippen molar-refractivity contribution < 1.29 is 18.4 Å². The minimum Gasteiger partial charge on any atom is -0.353 e. The lowest BCUT2D eigenvalue weighted by Gasteiger charge is -2.34. The highest BCUT2D eigenvalue weighted by Gasteiger charge is 2.31. The van der Waals surface area contributed by atoms with Crippen molar-refractivity contribution in [2.24, 2.45) is 0 Å². The van der Waals surface area contributed by atoms with Gasteiger partial charge in [-0.2, -0.15) is 0 Å². The van der Waals surface area contributed by atoms with Crippen molar-refractivity contribution in [2.45, 2.75) is 25.8 Å².